The van der Waals surface area contributed by atoms with Crippen molar-refractivity contribution in [3.8, 4) is 0 Å². The highest BCUT2D eigenvalue weighted by Gasteiger charge is 2.32. The molecule has 34 heavy (non-hydrogen) atoms. The summed E-state index contributed by atoms with van der Waals surface area (Å²) in [5.41, 5.74) is 5.00. The molecule has 0 unspecified atom stereocenters. The zero-order valence-electron chi connectivity index (χ0n) is 18.1. The van der Waals surface area contributed by atoms with E-state index in [0.29, 0.717) is 46.7 Å². The third-order valence-corrected chi connectivity index (χ3v) is 8.35. The molecule has 3 aliphatic heterocycles. The first-order valence-corrected chi connectivity index (χ1v) is 12.5. The molecule has 2 aromatic carbocycles. The number of para-hydroxylation sites is 1. The van der Waals surface area contributed by atoms with Crippen LogP contribution in [0, 0.1) is 0 Å². The molecule has 3 aromatic rings. The summed E-state index contributed by atoms with van der Waals surface area (Å²) in [6.45, 7) is 0.684. The van der Waals surface area contributed by atoms with Crippen LogP contribution in [0.4, 0.5) is 11.4 Å². The lowest BCUT2D eigenvalue weighted by Crippen LogP contribution is -2.35. The van der Waals surface area contributed by atoms with Crippen molar-refractivity contribution in [3.63, 3.8) is 0 Å². The minimum absolute atomic E-state index is 0.127. The van der Waals surface area contributed by atoms with Gasteiger partial charge in [0, 0.05) is 36.1 Å². The number of sulfonamides is 1. The number of aryl methyl sites for hydroxylation is 1. The van der Waals surface area contributed by atoms with Crippen LogP contribution in [0.1, 0.15) is 39.2 Å². The number of fused-ring (bicyclic) bond motifs is 3. The summed E-state index contributed by atoms with van der Waals surface area (Å²) in [7, 11) is -3.82. The maximum absolute atomic E-state index is 13.6. The fourth-order valence-corrected chi connectivity index (χ4v) is 6.43. The van der Waals surface area contributed by atoms with Gasteiger partial charge < -0.3 is 15.0 Å². The average molecular weight is 476 g/mol. The number of amides is 1. The van der Waals surface area contributed by atoms with Gasteiger partial charge in [0.15, 0.2) is 0 Å². The molecule has 9 heteroatoms. The van der Waals surface area contributed by atoms with Gasteiger partial charge >= 0.3 is 5.97 Å². The van der Waals surface area contributed by atoms with Crippen molar-refractivity contribution in [2.45, 2.75) is 24.2 Å². The van der Waals surface area contributed by atoms with Crippen molar-refractivity contribution in [2.75, 3.05) is 22.8 Å². The predicted molar refractivity (Wildman–Crippen MR) is 127 cm³/mol. The van der Waals surface area contributed by atoms with E-state index in [4.69, 9.17) is 4.74 Å². The number of H-pyrrole nitrogens is 1. The standard InChI is InChI=1S/C25H21N3O5S/c29-24-19(13-22-17-9-11-33-25(30)20(17)14-26-22)18-12-16(7-8-21(18)27-24)34(31,32)28-10-3-5-15-4-1-2-6-23(15)28/h1-2,4,6-8,12-14,26H,3,5,9-11H2,(H,27,29)/b19-13-. The summed E-state index contributed by atoms with van der Waals surface area (Å²) in [5.74, 6) is -0.719. The predicted octanol–water partition coefficient (Wildman–Crippen LogP) is 3.36. The molecule has 2 N–H and O–H groups in total. The quantitative estimate of drug-likeness (QED) is 0.446. The number of benzene rings is 2. The first kappa shape index (κ1) is 20.7. The number of anilines is 2. The molecule has 6 rings (SSSR count). The van der Waals surface area contributed by atoms with Crippen LogP contribution in [0.2, 0.25) is 0 Å². The third-order valence-electron chi connectivity index (χ3n) is 6.55. The highest BCUT2D eigenvalue weighted by Crippen LogP contribution is 2.38. The van der Waals surface area contributed by atoms with Gasteiger partial charge in [-0.05, 0) is 54.3 Å². The summed E-state index contributed by atoms with van der Waals surface area (Å²) in [5, 5.41) is 2.80. The number of hydrogen-bond acceptors (Lipinski definition) is 5. The van der Waals surface area contributed by atoms with Crippen molar-refractivity contribution >= 4 is 44.9 Å². The third kappa shape index (κ3) is 3.15. The lowest BCUT2D eigenvalue weighted by Gasteiger charge is -2.30. The summed E-state index contributed by atoms with van der Waals surface area (Å²) < 4.78 is 33.8. The second-order valence-corrected chi connectivity index (χ2v) is 10.4. The van der Waals surface area contributed by atoms with E-state index in [9.17, 15) is 18.0 Å². The molecule has 0 fully saturated rings. The second kappa shape index (κ2) is 7.59. The van der Waals surface area contributed by atoms with E-state index in [-0.39, 0.29) is 17.4 Å². The summed E-state index contributed by atoms with van der Waals surface area (Å²) in [4.78, 5) is 27.9. The zero-order valence-corrected chi connectivity index (χ0v) is 18.9. The van der Waals surface area contributed by atoms with Gasteiger partial charge in [-0.1, -0.05) is 18.2 Å². The number of carbonyl (C=O) groups is 2. The number of cyclic esters (lactones) is 1. The van der Waals surface area contributed by atoms with Crippen LogP contribution in [-0.4, -0.2) is 38.4 Å². The van der Waals surface area contributed by atoms with E-state index < -0.39 is 16.0 Å². The van der Waals surface area contributed by atoms with Crippen molar-refractivity contribution in [3.05, 3.63) is 76.6 Å². The number of ether oxygens (including phenoxy) is 1. The van der Waals surface area contributed by atoms with Crippen LogP contribution in [0.3, 0.4) is 0 Å². The molecular formula is C25H21N3O5S. The Hall–Kier alpha value is -3.85. The van der Waals surface area contributed by atoms with Crippen LogP contribution in [0.25, 0.3) is 11.6 Å². The number of nitrogens with one attached hydrogen (secondary N) is 2. The van der Waals surface area contributed by atoms with Gasteiger partial charge in [0.1, 0.15) is 0 Å². The van der Waals surface area contributed by atoms with E-state index in [0.717, 1.165) is 24.0 Å². The topological polar surface area (TPSA) is 109 Å². The maximum Gasteiger partial charge on any atom is 0.339 e. The SMILES string of the molecule is O=C1Nc2ccc(S(=O)(=O)N3CCCc4ccccc43)cc2/C1=C/c1[nH]cc2c1CCOC2=O. The van der Waals surface area contributed by atoms with Gasteiger partial charge in [0.25, 0.3) is 15.9 Å². The van der Waals surface area contributed by atoms with Gasteiger partial charge in [0.05, 0.1) is 28.3 Å². The van der Waals surface area contributed by atoms with Crippen molar-refractivity contribution in [1.29, 1.82) is 0 Å². The zero-order chi connectivity index (χ0) is 23.4. The van der Waals surface area contributed by atoms with Crippen LogP contribution < -0.4 is 9.62 Å². The summed E-state index contributed by atoms with van der Waals surface area (Å²) >= 11 is 0. The second-order valence-electron chi connectivity index (χ2n) is 8.51. The Labute approximate surface area is 196 Å². The minimum atomic E-state index is -3.82. The number of carbonyl (C=O) groups excluding carboxylic acids is 2. The molecule has 0 bridgehead atoms. The summed E-state index contributed by atoms with van der Waals surface area (Å²) in [6, 6.07) is 12.2. The average Bonchev–Trinajstić information content (AvgIpc) is 3.40. The first-order chi connectivity index (χ1) is 16.4. The van der Waals surface area contributed by atoms with Crippen LogP contribution in [0.15, 0.2) is 53.6 Å². The lowest BCUT2D eigenvalue weighted by atomic mass is 10.0. The Bertz CT molecular complexity index is 1500. The fourth-order valence-electron chi connectivity index (χ4n) is 4.86. The molecule has 1 amide bonds. The van der Waals surface area contributed by atoms with Gasteiger partial charge in [-0.2, -0.15) is 0 Å². The molecule has 0 atom stereocenters. The van der Waals surface area contributed by atoms with Crippen LogP contribution >= 0.6 is 0 Å². The molecular weight excluding hydrogens is 454 g/mol. The Kier molecular flexibility index (Phi) is 4.63. The Morgan fingerprint density at radius 1 is 1.03 bits per heavy atom. The smallest absolute Gasteiger partial charge is 0.339 e. The van der Waals surface area contributed by atoms with E-state index in [1.54, 1.807) is 24.4 Å². The number of nitrogens with zero attached hydrogens (tertiary/aromatic N) is 1. The highest BCUT2D eigenvalue weighted by atomic mass is 32.2. The number of hydrogen-bond donors (Lipinski definition) is 2. The summed E-state index contributed by atoms with van der Waals surface area (Å²) in [6.07, 6.45) is 5.37. The Morgan fingerprint density at radius 2 is 1.88 bits per heavy atom. The van der Waals surface area contributed by atoms with E-state index in [2.05, 4.69) is 10.3 Å². The Balaban J connectivity index is 1.42. The van der Waals surface area contributed by atoms with Crippen LogP contribution in [0.5, 0.6) is 0 Å². The molecule has 0 radical (unpaired) electrons. The van der Waals surface area contributed by atoms with Gasteiger partial charge in [-0.25, -0.2) is 13.2 Å². The van der Waals surface area contributed by atoms with E-state index in [1.165, 1.54) is 10.4 Å². The van der Waals surface area contributed by atoms with Gasteiger partial charge in [-0.15, -0.1) is 0 Å². The van der Waals surface area contributed by atoms with Crippen molar-refractivity contribution < 1.29 is 22.7 Å². The molecule has 1 aromatic heterocycles. The largest absolute Gasteiger partial charge is 0.462 e. The molecule has 0 spiro atoms. The molecule has 0 aliphatic carbocycles. The number of rotatable bonds is 3. The van der Waals surface area contributed by atoms with Crippen molar-refractivity contribution in [1.82, 2.24) is 4.98 Å². The highest BCUT2D eigenvalue weighted by molar-refractivity contribution is 7.92. The van der Waals surface area contributed by atoms with Crippen LogP contribution in [-0.2, 0) is 32.4 Å². The van der Waals surface area contributed by atoms with E-state index >= 15 is 0 Å². The molecule has 8 nitrogen and oxygen atoms in total. The van der Waals surface area contributed by atoms with Gasteiger partial charge in [0.2, 0.25) is 0 Å². The first-order valence-electron chi connectivity index (χ1n) is 11.1. The number of aromatic amines is 1. The number of aromatic nitrogens is 1. The molecule has 172 valence electrons. The molecule has 0 saturated carbocycles. The van der Waals surface area contributed by atoms with Gasteiger partial charge in [-0.3, -0.25) is 9.10 Å². The van der Waals surface area contributed by atoms with E-state index in [1.807, 2.05) is 24.3 Å². The molecule has 4 heterocycles. The lowest BCUT2D eigenvalue weighted by molar-refractivity contribution is -0.110. The molecule has 0 saturated heterocycles. The fraction of sp³-hybridized carbons (Fsp3) is 0.200. The monoisotopic (exact) mass is 475 g/mol. The minimum Gasteiger partial charge on any atom is -0.462 e. The normalized spacial score (nSPS) is 18.2. The van der Waals surface area contributed by atoms with Crippen molar-refractivity contribution in [2.24, 2.45) is 0 Å². The molecule has 3 aliphatic rings. The number of esters is 1. The maximum atomic E-state index is 13.6. The Morgan fingerprint density at radius 3 is 2.76 bits per heavy atom.